The smallest absolute Gasteiger partial charge is 0.236 e. The minimum atomic E-state index is 0.310. The third-order valence-electron chi connectivity index (χ3n) is 4.89. The fourth-order valence-corrected chi connectivity index (χ4v) is 3.48. The standard InChI is InChI=1S/C16H30N2O/c1-14(15-9-5-4-6-10-15)17-13-16(19)18-11-7-2-3-8-12-18/h14-15,17H,2-13H2,1H3/t14-/m0/s1. The summed E-state index contributed by atoms with van der Waals surface area (Å²) in [7, 11) is 0. The summed E-state index contributed by atoms with van der Waals surface area (Å²) < 4.78 is 0. The van der Waals surface area contributed by atoms with E-state index in [1.54, 1.807) is 0 Å². The average Bonchev–Trinajstić information content (AvgIpc) is 2.74. The molecule has 1 heterocycles. The van der Waals surface area contributed by atoms with Crippen molar-refractivity contribution in [1.82, 2.24) is 10.2 Å². The molecular weight excluding hydrogens is 236 g/mol. The summed E-state index contributed by atoms with van der Waals surface area (Å²) >= 11 is 0. The van der Waals surface area contributed by atoms with Crippen LogP contribution in [0.2, 0.25) is 0 Å². The Kier molecular flexibility index (Phi) is 6.15. The minimum Gasteiger partial charge on any atom is -0.342 e. The molecule has 0 aromatic heterocycles. The van der Waals surface area contributed by atoms with Crippen molar-refractivity contribution in [1.29, 1.82) is 0 Å². The molecule has 110 valence electrons. The maximum atomic E-state index is 12.2. The zero-order valence-electron chi connectivity index (χ0n) is 12.5. The van der Waals surface area contributed by atoms with Crippen LogP contribution in [0.4, 0.5) is 0 Å². The summed E-state index contributed by atoms with van der Waals surface area (Å²) in [6.45, 7) is 4.74. The lowest BCUT2D eigenvalue weighted by atomic mass is 9.84. The van der Waals surface area contributed by atoms with Gasteiger partial charge in [0.2, 0.25) is 5.91 Å². The van der Waals surface area contributed by atoms with Gasteiger partial charge in [-0.1, -0.05) is 32.1 Å². The van der Waals surface area contributed by atoms with Crippen molar-refractivity contribution in [3.05, 3.63) is 0 Å². The summed E-state index contributed by atoms with van der Waals surface area (Å²) in [5.41, 5.74) is 0. The molecule has 1 amide bonds. The first kappa shape index (κ1) is 14.8. The molecule has 1 aliphatic carbocycles. The first-order valence-corrected chi connectivity index (χ1v) is 8.28. The van der Waals surface area contributed by atoms with Crippen LogP contribution in [0.3, 0.4) is 0 Å². The molecular formula is C16H30N2O. The van der Waals surface area contributed by atoms with E-state index in [1.165, 1.54) is 57.8 Å². The molecule has 2 rings (SSSR count). The van der Waals surface area contributed by atoms with Crippen molar-refractivity contribution < 1.29 is 4.79 Å². The second-order valence-electron chi connectivity index (χ2n) is 6.36. The van der Waals surface area contributed by atoms with E-state index in [4.69, 9.17) is 0 Å². The van der Waals surface area contributed by atoms with Crippen molar-refractivity contribution in [3.63, 3.8) is 0 Å². The summed E-state index contributed by atoms with van der Waals surface area (Å²) in [6.07, 6.45) is 11.8. The van der Waals surface area contributed by atoms with Crippen molar-refractivity contribution >= 4 is 5.91 Å². The van der Waals surface area contributed by atoms with Crippen LogP contribution >= 0.6 is 0 Å². The van der Waals surface area contributed by atoms with E-state index in [0.29, 0.717) is 18.5 Å². The fraction of sp³-hybridized carbons (Fsp3) is 0.938. The molecule has 3 nitrogen and oxygen atoms in total. The van der Waals surface area contributed by atoms with Crippen molar-refractivity contribution in [2.24, 2.45) is 5.92 Å². The van der Waals surface area contributed by atoms with Crippen molar-refractivity contribution in [2.45, 2.75) is 70.8 Å². The van der Waals surface area contributed by atoms with Gasteiger partial charge in [0.15, 0.2) is 0 Å². The summed E-state index contributed by atoms with van der Waals surface area (Å²) in [4.78, 5) is 14.3. The van der Waals surface area contributed by atoms with E-state index in [0.717, 1.165) is 19.0 Å². The van der Waals surface area contributed by atoms with Gasteiger partial charge in [0.05, 0.1) is 6.54 Å². The SMILES string of the molecule is C[C@H](NCC(=O)N1CCCCCC1)C1CCCCC1. The van der Waals surface area contributed by atoms with Gasteiger partial charge in [-0.2, -0.15) is 0 Å². The highest BCUT2D eigenvalue weighted by atomic mass is 16.2. The summed E-state index contributed by atoms with van der Waals surface area (Å²) in [6, 6.07) is 0.497. The molecule has 0 bridgehead atoms. The molecule has 1 saturated carbocycles. The number of carbonyl (C=O) groups is 1. The monoisotopic (exact) mass is 266 g/mol. The number of nitrogens with zero attached hydrogens (tertiary/aromatic N) is 1. The Hall–Kier alpha value is -0.570. The number of hydrogen-bond donors (Lipinski definition) is 1. The molecule has 2 fully saturated rings. The van der Waals surface area contributed by atoms with Crippen molar-refractivity contribution in [3.8, 4) is 0 Å². The fourth-order valence-electron chi connectivity index (χ4n) is 3.48. The molecule has 1 aliphatic heterocycles. The van der Waals surface area contributed by atoms with Gasteiger partial charge in [0, 0.05) is 19.1 Å². The summed E-state index contributed by atoms with van der Waals surface area (Å²) in [5.74, 6) is 1.09. The van der Waals surface area contributed by atoms with E-state index in [9.17, 15) is 4.79 Å². The third kappa shape index (κ3) is 4.79. The zero-order valence-corrected chi connectivity index (χ0v) is 12.5. The molecule has 19 heavy (non-hydrogen) atoms. The zero-order chi connectivity index (χ0) is 13.5. The van der Waals surface area contributed by atoms with Gasteiger partial charge >= 0.3 is 0 Å². The van der Waals surface area contributed by atoms with Crippen LogP contribution < -0.4 is 5.32 Å². The van der Waals surface area contributed by atoms with E-state index in [1.807, 2.05) is 0 Å². The van der Waals surface area contributed by atoms with Gasteiger partial charge in [-0.3, -0.25) is 4.79 Å². The number of hydrogen-bond acceptors (Lipinski definition) is 2. The average molecular weight is 266 g/mol. The highest BCUT2D eigenvalue weighted by Crippen LogP contribution is 2.26. The quantitative estimate of drug-likeness (QED) is 0.848. The molecule has 1 N–H and O–H groups in total. The molecule has 0 aromatic rings. The summed E-state index contributed by atoms with van der Waals surface area (Å²) in [5, 5.41) is 3.48. The third-order valence-corrected chi connectivity index (χ3v) is 4.89. The Morgan fingerprint density at radius 1 is 1.05 bits per heavy atom. The first-order chi connectivity index (χ1) is 9.27. The topological polar surface area (TPSA) is 32.3 Å². The van der Waals surface area contributed by atoms with E-state index >= 15 is 0 Å². The lowest BCUT2D eigenvalue weighted by molar-refractivity contribution is -0.130. The van der Waals surface area contributed by atoms with Gasteiger partial charge in [0.1, 0.15) is 0 Å². The van der Waals surface area contributed by atoms with Gasteiger partial charge < -0.3 is 10.2 Å². The molecule has 3 heteroatoms. The molecule has 0 aromatic carbocycles. The molecule has 0 radical (unpaired) electrons. The normalized spacial score (nSPS) is 23.9. The largest absolute Gasteiger partial charge is 0.342 e. The van der Waals surface area contributed by atoms with Crippen LogP contribution in [0, 0.1) is 5.92 Å². The van der Waals surface area contributed by atoms with Gasteiger partial charge in [0.25, 0.3) is 0 Å². The van der Waals surface area contributed by atoms with Crippen LogP contribution in [0.25, 0.3) is 0 Å². The molecule has 0 unspecified atom stereocenters. The number of carbonyl (C=O) groups excluding carboxylic acids is 1. The van der Waals surface area contributed by atoms with Crippen LogP contribution in [0.1, 0.15) is 64.7 Å². The molecule has 1 saturated heterocycles. The van der Waals surface area contributed by atoms with Crippen LogP contribution in [0.5, 0.6) is 0 Å². The second-order valence-corrected chi connectivity index (χ2v) is 6.36. The second kappa shape index (κ2) is 7.88. The van der Waals surface area contributed by atoms with Gasteiger partial charge in [-0.25, -0.2) is 0 Å². The Balaban J connectivity index is 1.69. The van der Waals surface area contributed by atoms with Crippen LogP contribution in [-0.4, -0.2) is 36.5 Å². The first-order valence-electron chi connectivity index (χ1n) is 8.28. The molecule has 1 atom stereocenters. The number of likely N-dealkylation sites (tertiary alicyclic amines) is 1. The highest BCUT2D eigenvalue weighted by molar-refractivity contribution is 5.78. The lowest BCUT2D eigenvalue weighted by Crippen LogP contribution is -2.43. The number of amides is 1. The Labute approximate surface area is 118 Å². The number of nitrogens with one attached hydrogen (secondary N) is 1. The molecule has 0 spiro atoms. The Bertz CT molecular complexity index is 266. The van der Waals surface area contributed by atoms with Crippen molar-refractivity contribution in [2.75, 3.05) is 19.6 Å². The Morgan fingerprint density at radius 2 is 1.63 bits per heavy atom. The lowest BCUT2D eigenvalue weighted by Gasteiger charge is -2.29. The maximum absolute atomic E-state index is 12.2. The van der Waals surface area contributed by atoms with Crippen LogP contribution in [-0.2, 0) is 4.79 Å². The highest BCUT2D eigenvalue weighted by Gasteiger charge is 2.21. The predicted octanol–water partition coefficient (Wildman–Crippen LogP) is 2.95. The van der Waals surface area contributed by atoms with Gasteiger partial charge in [-0.05, 0) is 38.5 Å². The van der Waals surface area contributed by atoms with E-state index in [2.05, 4.69) is 17.1 Å². The molecule has 2 aliphatic rings. The number of rotatable bonds is 4. The van der Waals surface area contributed by atoms with Gasteiger partial charge in [-0.15, -0.1) is 0 Å². The van der Waals surface area contributed by atoms with Crippen LogP contribution in [0.15, 0.2) is 0 Å². The van der Waals surface area contributed by atoms with E-state index in [-0.39, 0.29) is 0 Å². The minimum absolute atomic E-state index is 0.310. The Morgan fingerprint density at radius 3 is 2.26 bits per heavy atom. The maximum Gasteiger partial charge on any atom is 0.236 e. The predicted molar refractivity (Wildman–Crippen MR) is 79.1 cm³/mol. The van der Waals surface area contributed by atoms with E-state index < -0.39 is 0 Å².